The van der Waals surface area contributed by atoms with E-state index in [2.05, 4.69) is 15.0 Å². The minimum absolute atomic E-state index is 0.0557. The Morgan fingerprint density at radius 1 is 1.03 bits per heavy atom. The second-order valence-corrected chi connectivity index (χ2v) is 11.6. The van der Waals surface area contributed by atoms with E-state index in [9.17, 15) is 33.7 Å². The fraction of sp³-hybridized carbons (Fsp3) is 0.409. The number of imidazole rings is 1. The number of aromatic amines is 1. The number of nitrogens with zero attached hydrogens (tertiary/aromatic N) is 3. The summed E-state index contributed by atoms with van der Waals surface area (Å²) in [5.74, 6) is -0.653. The number of benzene rings is 1. The summed E-state index contributed by atoms with van der Waals surface area (Å²) in [4.78, 5) is 23.8. The van der Waals surface area contributed by atoms with Crippen molar-refractivity contribution in [1.82, 2.24) is 19.9 Å². The van der Waals surface area contributed by atoms with Crippen molar-refractivity contribution in [3.8, 4) is 0 Å². The Hall–Kier alpha value is -2.80. The highest BCUT2D eigenvalue weighted by atomic mass is 32.5. The Morgan fingerprint density at radius 3 is 2.23 bits per heavy atom. The molecule has 1 aliphatic heterocycles. The van der Waals surface area contributed by atoms with Crippen LogP contribution in [-0.2, 0) is 0 Å². The van der Waals surface area contributed by atoms with Crippen LogP contribution in [0.3, 0.4) is 0 Å². The van der Waals surface area contributed by atoms with Gasteiger partial charge < -0.3 is 15.0 Å². The van der Waals surface area contributed by atoms with Gasteiger partial charge in [-0.1, -0.05) is 19.4 Å². The van der Waals surface area contributed by atoms with Gasteiger partial charge in [0.2, 0.25) is 0 Å². The number of aliphatic hydroxyl groups is 1. The van der Waals surface area contributed by atoms with Crippen LogP contribution < -0.4 is 0 Å². The molecular formula is C22H22F6N4O2S. The molecule has 35 heavy (non-hydrogen) atoms. The smallest absolute Gasteiger partial charge is 0.310 e. The number of carbonyl (C=O) groups excluding carboxylic acids is 1. The summed E-state index contributed by atoms with van der Waals surface area (Å²) in [6.45, 7) is 0.421. The van der Waals surface area contributed by atoms with Gasteiger partial charge in [-0.15, -0.1) is 0 Å². The summed E-state index contributed by atoms with van der Waals surface area (Å²) < 4.78 is 79.4. The van der Waals surface area contributed by atoms with Gasteiger partial charge in [0.05, 0.1) is 12.3 Å². The predicted octanol–water partition coefficient (Wildman–Crippen LogP) is 6.01. The fourth-order valence-corrected chi connectivity index (χ4v) is 5.42. The normalized spacial score (nSPS) is 23.6. The van der Waals surface area contributed by atoms with Gasteiger partial charge in [0.1, 0.15) is 22.1 Å². The zero-order valence-corrected chi connectivity index (χ0v) is 19.1. The third-order valence-electron chi connectivity index (χ3n) is 6.76. The molecule has 1 saturated heterocycles. The lowest BCUT2D eigenvalue weighted by Gasteiger charge is -2.40. The third-order valence-corrected chi connectivity index (χ3v) is 7.92. The Morgan fingerprint density at radius 2 is 1.66 bits per heavy atom. The number of hydrogen-bond donors (Lipinski definition) is 2. The summed E-state index contributed by atoms with van der Waals surface area (Å²) >= 11 is 0. The van der Waals surface area contributed by atoms with E-state index in [1.165, 1.54) is 4.90 Å². The maximum Gasteiger partial charge on any atom is 0.310 e. The highest BCUT2D eigenvalue weighted by Gasteiger charge is 2.65. The molecule has 0 unspecified atom stereocenters. The molecule has 1 saturated carbocycles. The molecule has 3 heterocycles. The van der Waals surface area contributed by atoms with Crippen LogP contribution in [0.4, 0.5) is 23.8 Å². The standard InChI is InChI=1S/C22H22F6N4O2S/c23-17-11-29-21-19(30-20(31-21)14-9-15(33)10-14)18(17)12-5-7-32(8-6-12)22(34)13-1-3-16(4-2-13)35(24,25,26,27)28/h1-4,11-12,14-15,33H,5-10H2,(H,29,30,31). The SMILES string of the molecule is O=C(c1ccc(S(F)(F)(F)(F)F)cc1)N1CCC(c2c(F)cnc3[nH]c(C4CC(O)C4)nc23)CC1. The van der Waals surface area contributed by atoms with E-state index in [-0.39, 0.29) is 48.7 Å². The molecule has 3 aromatic rings. The molecule has 2 N–H and O–H groups in total. The number of fused-ring (bicyclic) bond motifs is 1. The molecule has 1 aromatic carbocycles. The first-order valence-electron chi connectivity index (χ1n) is 11.0. The molecule has 2 aliphatic rings. The number of amides is 1. The summed E-state index contributed by atoms with van der Waals surface area (Å²) in [7, 11) is -9.81. The molecule has 13 heteroatoms. The quantitative estimate of drug-likeness (QED) is 0.413. The van der Waals surface area contributed by atoms with Crippen molar-refractivity contribution in [2.24, 2.45) is 0 Å². The zero-order chi connectivity index (χ0) is 25.2. The summed E-state index contributed by atoms with van der Waals surface area (Å²) in [6.07, 6.45) is 2.66. The molecule has 6 nitrogen and oxygen atoms in total. The van der Waals surface area contributed by atoms with E-state index in [1.807, 2.05) is 0 Å². The topological polar surface area (TPSA) is 82.1 Å². The molecule has 2 aromatic heterocycles. The Labute approximate surface area is 196 Å². The Kier molecular flexibility index (Phi) is 5.03. The molecule has 0 spiro atoms. The molecule has 2 fully saturated rings. The molecule has 0 radical (unpaired) electrons. The van der Waals surface area contributed by atoms with Crippen LogP contribution in [0.5, 0.6) is 0 Å². The average Bonchev–Trinajstić information content (AvgIpc) is 3.19. The van der Waals surface area contributed by atoms with Crippen LogP contribution in [0.15, 0.2) is 35.4 Å². The Balaban J connectivity index is 1.31. The van der Waals surface area contributed by atoms with Gasteiger partial charge in [-0.2, -0.15) is 0 Å². The van der Waals surface area contributed by atoms with Crippen molar-refractivity contribution >= 4 is 27.3 Å². The first-order chi connectivity index (χ1) is 16.2. The Bertz CT molecular complexity index is 1300. The van der Waals surface area contributed by atoms with E-state index in [4.69, 9.17) is 0 Å². The highest BCUT2D eigenvalue weighted by Crippen LogP contribution is 3.02. The number of hydrogen-bond acceptors (Lipinski definition) is 4. The second kappa shape index (κ2) is 7.36. The minimum atomic E-state index is -9.81. The first kappa shape index (κ1) is 23.9. The molecule has 1 amide bonds. The second-order valence-electron chi connectivity index (χ2n) is 9.22. The van der Waals surface area contributed by atoms with Crippen molar-refractivity contribution < 1.29 is 33.7 Å². The molecule has 0 bridgehead atoms. The number of halogens is 6. The molecule has 190 valence electrons. The maximum absolute atomic E-state index is 14.8. The van der Waals surface area contributed by atoms with Gasteiger partial charge in [-0.3, -0.25) is 4.79 Å². The van der Waals surface area contributed by atoms with Gasteiger partial charge in [-0.25, -0.2) is 14.4 Å². The van der Waals surface area contributed by atoms with E-state index in [0.29, 0.717) is 48.2 Å². The lowest BCUT2D eigenvalue weighted by molar-refractivity contribution is 0.0709. The fourth-order valence-electron chi connectivity index (χ4n) is 4.77. The van der Waals surface area contributed by atoms with E-state index < -0.39 is 26.8 Å². The van der Waals surface area contributed by atoms with Crippen molar-refractivity contribution in [2.75, 3.05) is 13.1 Å². The summed E-state index contributed by atoms with van der Waals surface area (Å²) in [5, 5.41) is 9.55. The van der Waals surface area contributed by atoms with Crippen LogP contribution in [-0.4, -0.2) is 50.1 Å². The highest BCUT2D eigenvalue weighted by molar-refractivity contribution is 8.45. The number of pyridine rings is 1. The van der Waals surface area contributed by atoms with Gasteiger partial charge in [0.15, 0.2) is 5.65 Å². The third kappa shape index (κ3) is 4.58. The number of nitrogens with one attached hydrogen (secondary N) is 1. The van der Waals surface area contributed by atoms with Crippen LogP contribution in [0, 0.1) is 5.82 Å². The van der Waals surface area contributed by atoms with Gasteiger partial charge in [-0.05, 0) is 55.9 Å². The van der Waals surface area contributed by atoms with Crippen LogP contribution in [0.1, 0.15) is 59.3 Å². The number of aromatic nitrogens is 3. The lowest BCUT2D eigenvalue weighted by Crippen LogP contribution is -2.38. The van der Waals surface area contributed by atoms with Crippen molar-refractivity contribution in [2.45, 2.75) is 48.5 Å². The maximum atomic E-state index is 14.8. The van der Waals surface area contributed by atoms with Gasteiger partial charge >= 0.3 is 10.2 Å². The monoisotopic (exact) mass is 520 g/mol. The van der Waals surface area contributed by atoms with Crippen molar-refractivity contribution in [3.63, 3.8) is 0 Å². The number of likely N-dealkylation sites (tertiary alicyclic amines) is 1. The average molecular weight is 520 g/mol. The first-order valence-corrected chi connectivity index (χ1v) is 13.0. The van der Waals surface area contributed by atoms with Crippen LogP contribution >= 0.6 is 10.2 Å². The largest absolute Gasteiger partial charge is 0.393 e. The zero-order valence-electron chi connectivity index (χ0n) is 18.2. The number of aliphatic hydroxyl groups excluding tert-OH is 1. The van der Waals surface area contributed by atoms with Gasteiger partial charge in [0, 0.05) is 30.1 Å². The van der Waals surface area contributed by atoms with E-state index in [1.54, 1.807) is 0 Å². The van der Waals surface area contributed by atoms with Gasteiger partial charge in [0.25, 0.3) is 5.91 Å². The number of rotatable bonds is 4. The minimum Gasteiger partial charge on any atom is -0.393 e. The number of carbonyl (C=O) groups is 1. The van der Waals surface area contributed by atoms with Crippen LogP contribution in [0.2, 0.25) is 0 Å². The van der Waals surface area contributed by atoms with Crippen molar-refractivity contribution in [1.29, 1.82) is 0 Å². The molecule has 0 atom stereocenters. The van der Waals surface area contributed by atoms with E-state index in [0.717, 1.165) is 18.3 Å². The predicted molar refractivity (Wildman–Crippen MR) is 118 cm³/mol. The molecular weight excluding hydrogens is 498 g/mol. The molecule has 5 rings (SSSR count). The van der Waals surface area contributed by atoms with Crippen LogP contribution in [0.25, 0.3) is 11.2 Å². The number of piperidine rings is 1. The van der Waals surface area contributed by atoms with E-state index >= 15 is 0 Å². The lowest BCUT2D eigenvalue weighted by atomic mass is 9.82. The van der Waals surface area contributed by atoms with Crippen molar-refractivity contribution in [3.05, 3.63) is 53.2 Å². The molecule has 1 aliphatic carbocycles. The number of H-pyrrole nitrogens is 1. The summed E-state index contributed by atoms with van der Waals surface area (Å²) in [6, 6.07) is 1.94. The summed E-state index contributed by atoms with van der Waals surface area (Å²) in [5.41, 5.74) is 1.12.